The van der Waals surface area contributed by atoms with Crippen LogP contribution in [0, 0.1) is 0 Å². The highest BCUT2D eigenvalue weighted by atomic mass is 19.3. The van der Waals surface area contributed by atoms with Crippen molar-refractivity contribution in [2.24, 2.45) is 0 Å². The molecule has 0 heterocycles. The summed E-state index contributed by atoms with van der Waals surface area (Å²) in [4.78, 5) is 0. The van der Waals surface area contributed by atoms with Gasteiger partial charge in [-0.25, -0.2) is 8.78 Å². The van der Waals surface area contributed by atoms with Crippen molar-refractivity contribution in [3.05, 3.63) is 0 Å². The van der Waals surface area contributed by atoms with Crippen molar-refractivity contribution >= 4 is 0 Å². The Morgan fingerprint density at radius 3 is 2.20 bits per heavy atom. The van der Waals surface area contributed by atoms with Crippen LogP contribution in [0.3, 0.4) is 0 Å². The SMILES string of the molecule is [2H]C([2H])(O)C(F)F. The monoisotopic (exact) mass is 84.0 g/mol. The second kappa shape index (κ2) is 2.08. The first-order chi connectivity index (χ1) is 2.94. The van der Waals surface area contributed by atoms with E-state index in [-0.39, 0.29) is 0 Å². The normalized spacial score (nSPS) is 18.4. The van der Waals surface area contributed by atoms with Crippen molar-refractivity contribution in [3.63, 3.8) is 0 Å². The molecule has 0 fully saturated rings. The molecule has 5 heavy (non-hydrogen) atoms. The number of aliphatic hydroxyl groups is 1. The predicted molar refractivity (Wildman–Crippen MR) is 13.1 cm³/mol. The highest BCUT2D eigenvalue weighted by molar-refractivity contribution is 4.22. The average molecular weight is 84.1 g/mol. The highest BCUT2D eigenvalue weighted by Gasteiger charge is 1.92. The van der Waals surface area contributed by atoms with E-state index in [1.165, 1.54) is 0 Å². The van der Waals surface area contributed by atoms with Crippen molar-refractivity contribution in [2.45, 2.75) is 6.43 Å². The van der Waals surface area contributed by atoms with Crippen molar-refractivity contribution < 1.29 is 16.6 Å². The smallest absolute Gasteiger partial charge is 0.261 e. The van der Waals surface area contributed by atoms with Crippen molar-refractivity contribution in [1.29, 1.82) is 0 Å². The van der Waals surface area contributed by atoms with Crippen LogP contribution in [-0.4, -0.2) is 18.1 Å². The molecule has 0 aromatic rings. The summed E-state index contributed by atoms with van der Waals surface area (Å²) in [6.45, 7) is -3.33. The zero-order chi connectivity index (χ0) is 6.08. The van der Waals surface area contributed by atoms with E-state index >= 15 is 0 Å². The Bertz CT molecular complexity index is 59.2. The minimum absolute atomic E-state index is 3.31. The van der Waals surface area contributed by atoms with Crippen molar-refractivity contribution in [2.75, 3.05) is 6.56 Å². The Kier molecular flexibility index (Phi) is 0.865. The van der Waals surface area contributed by atoms with E-state index < -0.39 is 13.0 Å². The van der Waals surface area contributed by atoms with Gasteiger partial charge in [0.25, 0.3) is 6.43 Å². The van der Waals surface area contributed by atoms with E-state index in [0.717, 1.165) is 0 Å². The third-order valence-electron chi connectivity index (χ3n) is 0.0976. The van der Waals surface area contributed by atoms with Crippen LogP contribution in [0.2, 0.25) is 0 Å². The van der Waals surface area contributed by atoms with Gasteiger partial charge in [-0.1, -0.05) is 0 Å². The summed E-state index contributed by atoms with van der Waals surface area (Å²) in [5.41, 5.74) is 0. The molecule has 0 unspecified atom stereocenters. The molecule has 32 valence electrons. The lowest BCUT2D eigenvalue weighted by Gasteiger charge is -1.81. The molecule has 0 aromatic heterocycles. The van der Waals surface area contributed by atoms with E-state index in [9.17, 15) is 8.78 Å². The molecule has 0 aliphatic carbocycles. The van der Waals surface area contributed by atoms with Crippen molar-refractivity contribution in [1.82, 2.24) is 0 Å². The van der Waals surface area contributed by atoms with Gasteiger partial charge in [-0.2, -0.15) is 0 Å². The fraction of sp³-hybridized carbons (Fsp3) is 1.00. The Morgan fingerprint density at radius 1 is 2.00 bits per heavy atom. The van der Waals surface area contributed by atoms with Crippen LogP contribution in [-0.2, 0) is 0 Å². The molecule has 0 aliphatic heterocycles. The van der Waals surface area contributed by atoms with Gasteiger partial charge in [0.2, 0.25) is 0 Å². The molecule has 0 amide bonds. The fourth-order valence-corrected chi connectivity index (χ4v) is 0. The molecule has 0 spiro atoms. The maximum absolute atomic E-state index is 10.9. The van der Waals surface area contributed by atoms with E-state index in [4.69, 9.17) is 7.85 Å². The quantitative estimate of drug-likeness (QED) is 0.482. The molecule has 1 N–H and O–H groups in total. The van der Waals surface area contributed by atoms with Crippen LogP contribution in [0.25, 0.3) is 0 Å². The van der Waals surface area contributed by atoms with Gasteiger partial charge in [0.05, 0.1) is 2.74 Å². The van der Waals surface area contributed by atoms with Gasteiger partial charge < -0.3 is 5.11 Å². The third kappa shape index (κ3) is 3.82. The molecule has 1 nitrogen and oxygen atoms in total. The Morgan fingerprint density at radius 2 is 2.20 bits per heavy atom. The lowest BCUT2D eigenvalue weighted by Crippen LogP contribution is -1.94. The summed E-state index contributed by atoms with van der Waals surface area (Å²) >= 11 is 0. The van der Waals surface area contributed by atoms with E-state index in [2.05, 4.69) is 0 Å². The highest BCUT2D eigenvalue weighted by Crippen LogP contribution is 1.84. The summed E-state index contributed by atoms with van der Waals surface area (Å²) in [5, 5.41) is 7.68. The number of rotatable bonds is 1. The molecule has 0 saturated heterocycles. The number of hydrogen-bond donors (Lipinski definition) is 1. The number of halogens is 2. The van der Waals surface area contributed by atoms with Crippen LogP contribution >= 0.6 is 0 Å². The first-order valence-electron chi connectivity index (χ1n) is 1.95. The summed E-state index contributed by atoms with van der Waals surface area (Å²) in [7, 11) is 0. The van der Waals surface area contributed by atoms with E-state index in [1.807, 2.05) is 0 Å². The first kappa shape index (κ1) is 2.08. The van der Waals surface area contributed by atoms with Gasteiger partial charge in [-0.3, -0.25) is 0 Å². The Labute approximate surface area is 31.0 Å². The minimum Gasteiger partial charge on any atom is -0.390 e. The molecule has 0 rings (SSSR count). The van der Waals surface area contributed by atoms with Gasteiger partial charge in [-0.05, 0) is 0 Å². The zero-order valence-corrected chi connectivity index (χ0v) is 2.28. The second-order valence-electron chi connectivity index (χ2n) is 0.430. The maximum atomic E-state index is 10.9. The van der Waals surface area contributed by atoms with Gasteiger partial charge in [0.15, 0.2) is 0 Å². The van der Waals surface area contributed by atoms with E-state index in [1.54, 1.807) is 0 Å². The maximum Gasteiger partial charge on any atom is 0.261 e. The minimum atomic E-state index is -3.33. The van der Waals surface area contributed by atoms with Crippen LogP contribution in [0.5, 0.6) is 0 Å². The molecule has 0 aromatic carbocycles. The molecule has 0 radical (unpaired) electrons. The summed E-state index contributed by atoms with van der Waals surface area (Å²) in [6, 6.07) is 0. The molecular weight excluding hydrogens is 78.0 g/mol. The van der Waals surface area contributed by atoms with Gasteiger partial charge in [-0.15, -0.1) is 0 Å². The Balaban J connectivity index is 3.54. The van der Waals surface area contributed by atoms with Gasteiger partial charge in [0.1, 0.15) is 6.56 Å². The van der Waals surface area contributed by atoms with Crippen LogP contribution < -0.4 is 0 Å². The van der Waals surface area contributed by atoms with Crippen LogP contribution in [0.15, 0.2) is 0 Å². The standard InChI is InChI=1S/C2H4F2O/c3-2(4)1-5/h2,5H,1H2/i1D2. The predicted octanol–water partition coefficient (Wildman–Crippen LogP) is 0.244. The molecular formula is C2H4F2O. The molecule has 0 atom stereocenters. The van der Waals surface area contributed by atoms with Crippen LogP contribution in [0.4, 0.5) is 8.78 Å². The van der Waals surface area contributed by atoms with Gasteiger partial charge in [0, 0.05) is 0 Å². The van der Waals surface area contributed by atoms with Gasteiger partial charge >= 0.3 is 0 Å². The molecule has 0 saturated carbocycles. The fourth-order valence-electron chi connectivity index (χ4n) is 0. The lowest BCUT2D eigenvalue weighted by atomic mass is 10.8. The van der Waals surface area contributed by atoms with Crippen molar-refractivity contribution in [3.8, 4) is 0 Å². The summed E-state index contributed by atoms with van der Waals surface area (Å²) in [5.74, 6) is 0. The number of alkyl halides is 2. The van der Waals surface area contributed by atoms with Crippen LogP contribution in [0.1, 0.15) is 2.74 Å². The first-order valence-corrected chi connectivity index (χ1v) is 0.949. The number of hydrogen-bond acceptors (Lipinski definition) is 1. The largest absolute Gasteiger partial charge is 0.390 e. The molecule has 0 aliphatic rings. The zero-order valence-electron chi connectivity index (χ0n) is 4.28. The summed E-state index contributed by atoms with van der Waals surface area (Å²) < 4.78 is 33.6. The summed E-state index contributed by atoms with van der Waals surface area (Å²) in [6.07, 6.45) is -3.31. The lowest BCUT2D eigenvalue weighted by molar-refractivity contribution is 0.0700. The molecule has 3 heteroatoms. The second-order valence-corrected chi connectivity index (χ2v) is 0.430. The Hall–Kier alpha value is -0.180. The average Bonchev–Trinajstić information content (AvgIpc) is 1.31. The molecule has 0 bridgehead atoms. The topological polar surface area (TPSA) is 20.2 Å². The van der Waals surface area contributed by atoms with E-state index in [0.29, 0.717) is 0 Å². The third-order valence-corrected chi connectivity index (χ3v) is 0.0976.